The Morgan fingerprint density at radius 1 is 1.05 bits per heavy atom. The van der Waals surface area contributed by atoms with Gasteiger partial charge in [0, 0.05) is 10.6 Å². The van der Waals surface area contributed by atoms with Crippen LogP contribution in [0.25, 0.3) is 0 Å². The number of benzene rings is 2. The molecule has 2 rings (SSSR count). The number of hydrogen-bond donors (Lipinski definition) is 0. The van der Waals surface area contributed by atoms with E-state index >= 15 is 0 Å². The highest BCUT2D eigenvalue weighted by atomic mass is 35.5. The fraction of sp³-hybridized carbons (Fsp3) is 0.235. The molecule has 3 heteroatoms. The van der Waals surface area contributed by atoms with Gasteiger partial charge in [-0.15, -0.1) is 0 Å². The molecule has 104 valence electrons. The van der Waals surface area contributed by atoms with Crippen molar-refractivity contribution < 1.29 is 9.53 Å². The molecule has 0 amide bonds. The zero-order chi connectivity index (χ0) is 14.9. The van der Waals surface area contributed by atoms with E-state index in [0.717, 1.165) is 22.3 Å². The zero-order valence-electron chi connectivity index (χ0n) is 12.1. The number of methoxy groups -OCH3 is 1. The Labute approximate surface area is 124 Å². The minimum absolute atomic E-state index is 0.0562. The molecule has 0 unspecified atom stereocenters. The Morgan fingerprint density at radius 3 is 2.20 bits per heavy atom. The number of carbonyl (C=O) groups excluding carboxylic acids is 1. The monoisotopic (exact) mass is 288 g/mol. The van der Waals surface area contributed by atoms with Crippen molar-refractivity contribution in [2.75, 3.05) is 7.11 Å². The Balaban J connectivity index is 2.60. The molecule has 0 saturated heterocycles. The highest BCUT2D eigenvalue weighted by Gasteiger charge is 2.19. The number of hydrogen-bond acceptors (Lipinski definition) is 2. The van der Waals surface area contributed by atoms with Crippen molar-refractivity contribution in [3.63, 3.8) is 0 Å². The topological polar surface area (TPSA) is 26.3 Å². The van der Waals surface area contributed by atoms with Crippen LogP contribution in [-0.2, 0) is 0 Å². The Hall–Kier alpha value is -1.80. The van der Waals surface area contributed by atoms with Crippen LogP contribution in [0.2, 0.25) is 5.02 Å². The smallest absolute Gasteiger partial charge is 0.197 e. The maximum atomic E-state index is 12.8. The average Bonchev–Trinajstić information content (AvgIpc) is 2.37. The van der Waals surface area contributed by atoms with E-state index in [1.807, 2.05) is 32.9 Å². The number of aryl methyl sites for hydroxylation is 3. The summed E-state index contributed by atoms with van der Waals surface area (Å²) in [6.07, 6.45) is 0. The molecule has 0 N–H and O–H groups in total. The van der Waals surface area contributed by atoms with Crippen molar-refractivity contribution in [2.24, 2.45) is 0 Å². The van der Waals surface area contributed by atoms with Gasteiger partial charge < -0.3 is 4.74 Å². The second kappa shape index (κ2) is 5.68. The Bertz CT molecular complexity index is 652. The minimum Gasteiger partial charge on any atom is -0.496 e. The van der Waals surface area contributed by atoms with Crippen LogP contribution in [0.3, 0.4) is 0 Å². The van der Waals surface area contributed by atoms with Gasteiger partial charge in [0.1, 0.15) is 5.75 Å². The van der Waals surface area contributed by atoms with Gasteiger partial charge in [0.05, 0.1) is 12.7 Å². The molecule has 20 heavy (non-hydrogen) atoms. The molecular weight excluding hydrogens is 272 g/mol. The summed E-state index contributed by atoms with van der Waals surface area (Å²) < 4.78 is 5.27. The van der Waals surface area contributed by atoms with Crippen LogP contribution in [0.4, 0.5) is 0 Å². The average molecular weight is 289 g/mol. The van der Waals surface area contributed by atoms with Crippen LogP contribution in [0, 0.1) is 20.8 Å². The lowest BCUT2D eigenvalue weighted by Gasteiger charge is -2.13. The van der Waals surface area contributed by atoms with Gasteiger partial charge in [-0.3, -0.25) is 4.79 Å². The standard InChI is InChI=1S/C17H17ClO2/c1-10-7-11(2)16(12(3)8-10)17(19)14-9-13(18)5-6-15(14)20-4/h5-9H,1-4H3. The highest BCUT2D eigenvalue weighted by molar-refractivity contribution is 6.31. The van der Waals surface area contributed by atoms with Crippen molar-refractivity contribution in [3.8, 4) is 5.75 Å². The maximum Gasteiger partial charge on any atom is 0.197 e. The molecule has 0 radical (unpaired) electrons. The van der Waals surface area contributed by atoms with Gasteiger partial charge in [0.15, 0.2) is 5.78 Å². The summed E-state index contributed by atoms with van der Waals surface area (Å²) in [6, 6.07) is 9.11. The van der Waals surface area contributed by atoms with Gasteiger partial charge in [0.25, 0.3) is 0 Å². The van der Waals surface area contributed by atoms with E-state index in [-0.39, 0.29) is 5.78 Å². The first-order valence-corrected chi connectivity index (χ1v) is 6.78. The third-order valence-electron chi connectivity index (χ3n) is 3.31. The van der Waals surface area contributed by atoms with E-state index in [1.54, 1.807) is 25.3 Å². The van der Waals surface area contributed by atoms with Crippen LogP contribution >= 0.6 is 11.6 Å². The van der Waals surface area contributed by atoms with E-state index in [4.69, 9.17) is 16.3 Å². The summed E-state index contributed by atoms with van der Waals surface area (Å²) in [4.78, 5) is 12.8. The predicted molar refractivity (Wildman–Crippen MR) is 82.1 cm³/mol. The van der Waals surface area contributed by atoms with E-state index in [9.17, 15) is 4.79 Å². The van der Waals surface area contributed by atoms with Gasteiger partial charge in [-0.05, 0) is 50.1 Å². The lowest BCUT2D eigenvalue weighted by atomic mass is 9.93. The van der Waals surface area contributed by atoms with Gasteiger partial charge in [0.2, 0.25) is 0 Å². The molecule has 0 fully saturated rings. The summed E-state index contributed by atoms with van der Waals surface area (Å²) >= 11 is 6.00. The molecule has 0 spiro atoms. The maximum absolute atomic E-state index is 12.8. The number of ketones is 1. The SMILES string of the molecule is COc1ccc(Cl)cc1C(=O)c1c(C)cc(C)cc1C. The molecule has 0 aliphatic heterocycles. The van der Waals surface area contributed by atoms with Gasteiger partial charge in [-0.1, -0.05) is 29.3 Å². The Morgan fingerprint density at radius 2 is 1.65 bits per heavy atom. The molecule has 0 aliphatic rings. The third kappa shape index (κ3) is 2.70. The molecule has 2 nitrogen and oxygen atoms in total. The minimum atomic E-state index is -0.0562. The molecule has 0 atom stereocenters. The van der Waals surface area contributed by atoms with E-state index in [2.05, 4.69) is 0 Å². The molecule has 2 aromatic rings. The molecule has 0 saturated carbocycles. The van der Waals surface area contributed by atoms with Crippen LogP contribution in [-0.4, -0.2) is 12.9 Å². The van der Waals surface area contributed by atoms with E-state index < -0.39 is 0 Å². The van der Waals surface area contributed by atoms with Crippen LogP contribution < -0.4 is 4.74 Å². The van der Waals surface area contributed by atoms with Crippen LogP contribution in [0.5, 0.6) is 5.75 Å². The molecule has 0 aliphatic carbocycles. The van der Waals surface area contributed by atoms with Gasteiger partial charge in [-0.2, -0.15) is 0 Å². The fourth-order valence-corrected chi connectivity index (χ4v) is 2.70. The largest absolute Gasteiger partial charge is 0.496 e. The summed E-state index contributed by atoms with van der Waals surface area (Å²) in [6.45, 7) is 5.92. The molecule has 2 aromatic carbocycles. The number of halogens is 1. The van der Waals surface area contributed by atoms with Gasteiger partial charge in [-0.25, -0.2) is 0 Å². The summed E-state index contributed by atoms with van der Waals surface area (Å²) in [7, 11) is 1.55. The van der Waals surface area contributed by atoms with Crippen LogP contribution in [0.15, 0.2) is 30.3 Å². The lowest BCUT2D eigenvalue weighted by molar-refractivity contribution is 0.103. The van der Waals surface area contributed by atoms with Crippen molar-refractivity contribution in [2.45, 2.75) is 20.8 Å². The third-order valence-corrected chi connectivity index (χ3v) is 3.55. The second-order valence-electron chi connectivity index (χ2n) is 4.95. The lowest BCUT2D eigenvalue weighted by Crippen LogP contribution is -2.08. The van der Waals surface area contributed by atoms with Crippen molar-refractivity contribution in [3.05, 3.63) is 63.2 Å². The van der Waals surface area contributed by atoms with Gasteiger partial charge >= 0.3 is 0 Å². The fourth-order valence-electron chi connectivity index (χ4n) is 2.53. The molecular formula is C17H17ClO2. The first-order chi connectivity index (χ1) is 9.43. The second-order valence-corrected chi connectivity index (χ2v) is 5.38. The predicted octanol–water partition coefficient (Wildman–Crippen LogP) is 4.50. The Kier molecular flexibility index (Phi) is 4.15. The van der Waals surface area contributed by atoms with Crippen molar-refractivity contribution >= 4 is 17.4 Å². The first kappa shape index (κ1) is 14.6. The summed E-state index contributed by atoms with van der Waals surface area (Å²) in [5, 5.41) is 0.525. The van der Waals surface area contributed by atoms with Crippen molar-refractivity contribution in [1.82, 2.24) is 0 Å². The van der Waals surface area contributed by atoms with E-state index in [1.165, 1.54) is 0 Å². The zero-order valence-corrected chi connectivity index (χ0v) is 12.8. The normalized spacial score (nSPS) is 10.4. The molecule has 0 aromatic heterocycles. The highest BCUT2D eigenvalue weighted by Crippen LogP contribution is 2.28. The number of rotatable bonds is 3. The van der Waals surface area contributed by atoms with Crippen LogP contribution in [0.1, 0.15) is 32.6 Å². The first-order valence-electron chi connectivity index (χ1n) is 6.40. The van der Waals surface area contributed by atoms with E-state index in [0.29, 0.717) is 16.3 Å². The summed E-state index contributed by atoms with van der Waals surface area (Å²) in [5.41, 5.74) is 4.30. The number of carbonyl (C=O) groups is 1. The quantitative estimate of drug-likeness (QED) is 0.777. The summed E-state index contributed by atoms with van der Waals surface area (Å²) in [5.74, 6) is 0.484. The molecule has 0 bridgehead atoms. The molecule has 0 heterocycles. The number of ether oxygens (including phenoxy) is 1. The van der Waals surface area contributed by atoms with Crippen molar-refractivity contribution in [1.29, 1.82) is 0 Å².